The van der Waals surface area contributed by atoms with Crippen molar-refractivity contribution in [1.29, 1.82) is 0 Å². The van der Waals surface area contributed by atoms with Crippen molar-refractivity contribution in [3.05, 3.63) is 21.7 Å². The van der Waals surface area contributed by atoms with Crippen LogP contribution in [0.5, 0.6) is 0 Å². The number of nitrogens with zero attached hydrogens (tertiary/aromatic N) is 2. The molecule has 1 aromatic heterocycles. The Balaban J connectivity index is 2.50. The molecule has 0 aliphatic carbocycles. The second-order valence-corrected chi connectivity index (χ2v) is 5.69. The van der Waals surface area contributed by atoms with Gasteiger partial charge in [-0.15, -0.1) is 0 Å². The number of nitrogens with one attached hydrogen (secondary N) is 1. The Morgan fingerprint density at radius 2 is 2.00 bits per heavy atom. The minimum absolute atomic E-state index is 0.0163. The highest BCUT2D eigenvalue weighted by Crippen LogP contribution is 2.25. The van der Waals surface area contributed by atoms with Gasteiger partial charge in [0.05, 0.1) is 5.69 Å². The molecule has 0 amide bonds. The SMILES string of the molecule is CC(C)(C)c1nc(Br)c2c(n1)CCNC2. The summed E-state index contributed by atoms with van der Waals surface area (Å²) in [6, 6.07) is 0. The molecule has 4 heteroatoms. The van der Waals surface area contributed by atoms with Gasteiger partial charge in [0.25, 0.3) is 0 Å². The topological polar surface area (TPSA) is 37.8 Å². The lowest BCUT2D eigenvalue weighted by Gasteiger charge is -2.22. The molecule has 1 N–H and O–H groups in total. The van der Waals surface area contributed by atoms with E-state index in [0.29, 0.717) is 0 Å². The number of aromatic nitrogens is 2. The zero-order valence-electron chi connectivity index (χ0n) is 9.39. The minimum Gasteiger partial charge on any atom is -0.312 e. The molecule has 0 bridgehead atoms. The van der Waals surface area contributed by atoms with Crippen LogP contribution < -0.4 is 5.32 Å². The summed E-state index contributed by atoms with van der Waals surface area (Å²) < 4.78 is 0.949. The average molecular weight is 270 g/mol. The lowest BCUT2D eigenvalue weighted by molar-refractivity contribution is 0.526. The fraction of sp³-hybridized carbons (Fsp3) is 0.636. The summed E-state index contributed by atoms with van der Waals surface area (Å²) in [7, 11) is 0. The van der Waals surface area contributed by atoms with Gasteiger partial charge in [0, 0.05) is 30.5 Å². The molecule has 1 aliphatic heterocycles. The van der Waals surface area contributed by atoms with Crippen molar-refractivity contribution in [2.45, 2.75) is 39.2 Å². The minimum atomic E-state index is 0.0163. The second-order valence-electron chi connectivity index (χ2n) is 4.94. The summed E-state index contributed by atoms with van der Waals surface area (Å²) in [4.78, 5) is 9.19. The van der Waals surface area contributed by atoms with E-state index in [9.17, 15) is 0 Å². The van der Waals surface area contributed by atoms with Gasteiger partial charge in [-0.05, 0) is 15.9 Å². The molecular weight excluding hydrogens is 254 g/mol. The molecule has 82 valence electrons. The second kappa shape index (κ2) is 3.83. The van der Waals surface area contributed by atoms with Gasteiger partial charge in [-0.1, -0.05) is 20.8 Å². The summed E-state index contributed by atoms with van der Waals surface area (Å²) in [6.07, 6.45) is 1.000. The van der Waals surface area contributed by atoms with Crippen LogP contribution in [0.1, 0.15) is 37.9 Å². The van der Waals surface area contributed by atoms with E-state index in [1.807, 2.05) is 0 Å². The molecule has 2 rings (SSSR count). The van der Waals surface area contributed by atoms with Gasteiger partial charge >= 0.3 is 0 Å². The Morgan fingerprint density at radius 3 is 2.67 bits per heavy atom. The normalized spacial score (nSPS) is 16.3. The molecule has 0 spiro atoms. The Kier molecular flexibility index (Phi) is 2.81. The molecule has 0 fully saturated rings. The van der Waals surface area contributed by atoms with Crippen LogP contribution in [-0.4, -0.2) is 16.5 Å². The summed E-state index contributed by atoms with van der Waals surface area (Å²) in [5.41, 5.74) is 2.43. The van der Waals surface area contributed by atoms with Crippen LogP contribution in [0, 0.1) is 0 Å². The van der Waals surface area contributed by atoms with Crippen LogP contribution >= 0.6 is 15.9 Å². The first-order chi connectivity index (χ1) is 6.98. The molecule has 15 heavy (non-hydrogen) atoms. The third-order valence-electron chi connectivity index (χ3n) is 2.55. The maximum absolute atomic E-state index is 4.66. The molecule has 1 aromatic rings. The Bertz CT molecular complexity index is 382. The van der Waals surface area contributed by atoms with Crippen molar-refractivity contribution >= 4 is 15.9 Å². The van der Waals surface area contributed by atoms with Gasteiger partial charge in [0.15, 0.2) is 0 Å². The maximum Gasteiger partial charge on any atom is 0.135 e. The summed E-state index contributed by atoms with van der Waals surface area (Å²) >= 11 is 3.53. The van der Waals surface area contributed by atoms with Crippen molar-refractivity contribution < 1.29 is 0 Å². The van der Waals surface area contributed by atoms with E-state index in [0.717, 1.165) is 29.9 Å². The summed E-state index contributed by atoms with van der Waals surface area (Å²) in [6.45, 7) is 8.31. The Morgan fingerprint density at radius 1 is 1.27 bits per heavy atom. The standard InChI is InChI=1S/C11H16BrN3/c1-11(2,3)10-14-8-4-5-13-6-7(8)9(12)15-10/h13H,4-6H2,1-3H3. The van der Waals surface area contributed by atoms with Crippen molar-refractivity contribution in [2.24, 2.45) is 0 Å². The molecule has 0 saturated carbocycles. The van der Waals surface area contributed by atoms with Gasteiger partial charge in [0.1, 0.15) is 10.4 Å². The van der Waals surface area contributed by atoms with Crippen LogP contribution in [0.4, 0.5) is 0 Å². The van der Waals surface area contributed by atoms with E-state index in [-0.39, 0.29) is 5.41 Å². The summed E-state index contributed by atoms with van der Waals surface area (Å²) in [5, 5.41) is 3.33. The predicted octanol–water partition coefficient (Wildman–Crippen LogP) is 2.18. The number of hydrogen-bond donors (Lipinski definition) is 1. The lowest BCUT2D eigenvalue weighted by atomic mass is 9.95. The molecule has 2 heterocycles. The molecule has 0 unspecified atom stereocenters. The Hall–Kier alpha value is -0.480. The lowest BCUT2D eigenvalue weighted by Crippen LogP contribution is -2.28. The first-order valence-corrected chi connectivity index (χ1v) is 6.04. The van der Waals surface area contributed by atoms with Gasteiger partial charge in [-0.2, -0.15) is 0 Å². The van der Waals surface area contributed by atoms with Gasteiger partial charge in [-0.3, -0.25) is 0 Å². The van der Waals surface area contributed by atoms with Crippen molar-refractivity contribution in [3.8, 4) is 0 Å². The first kappa shape index (κ1) is 11.0. The van der Waals surface area contributed by atoms with Crippen LogP contribution in [0.25, 0.3) is 0 Å². The van der Waals surface area contributed by atoms with Gasteiger partial charge < -0.3 is 5.32 Å². The first-order valence-electron chi connectivity index (χ1n) is 5.25. The van der Waals surface area contributed by atoms with E-state index in [1.54, 1.807) is 0 Å². The number of hydrogen-bond acceptors (Lipinski definition) is 3. The Labute approximate surface area is 98.8 Å². The highest BCUT2D eigenvalue weighted by molar-refractivity contribution is 9.10. The van der Waals surface area contributed by atoms with Gasteiger partial charge in [0.2, 0.25) is 0 Å². The maximum atomic E-state index is 4.66. The van der Waals surface area contributed by atoms with E-state index in [1.165, 1.54) is 11.3 Å². The smallest absolute Gasteiger partial charge is 0.135 e. The van der Waals surface area contributed by atoms with E-state index < -0.39 is 0 Å². The fourth-order valence-electron chi connectivity index (χ4n) is 1.64. The van der Waals surface area contributed by atoms with Crippen LogP contribution in [0.15, 0.2) is 4.60 Å². The number of rotatable bonds is 0. The molecule has 0 atom stereocenters. The van der Waals surface area contributed by atoms with Crippen molar-refractivity contribution in [3.63, 3.8) is 0 Å². The van der Waals surface area contributed by atoms with E-state index in [2.05, 4.69) is 52.0 Å². The monoisotopic (exact) mass is 269 g/mol. The van der Waals surface area contributed by atoms with Crippen LogP contribution in [0.3, 0.4) is 0 Å². The molecule has 1 aliphatic rings. The highest BCUT2D eigenvalue weighted by Gasteiger charge is 2.22. The van der Waals surface area contributed by atoms with Gasteiger partial charge in [-0.25, -0.2) is 9.97 Å². The third-order valence-corrected chi connectivity index (χ3v) is 3.21. The summed E-state index contributed by atoms with van der Waals surface area (Å²) in [5.74, 6) is 0.926. The van der Waals surface area contributed by atoms with Crippen LogP contribution in [-0.2, 0) is 18.4 Å². The molecular formula is C11H16BrN3. The zero-order chi connectivity index (χ0) is 11.1. The predicted molar refractivity (Wildman–Crippen MR) is 63.8 cm³/mol. The largest absolute Gasteiger partial charge is 0.312 e. The molecule has 3 nitrogen and oxygen atoms in total. The number of halogens is 1. The highest BCUT2D eigenvalue weighted by atomic mass is 79.9. The third kappa shape index (κ3) is 2.21. The molecule has 0 aromatic carbocycles. The van der Waals surface area contributed by atoms with E-state index >= 15 is 0 Å². The zero-order valence-corrected chi connectivity index (χ0v) is 11.0. The van der Waals surface area contributed by atoms with Crippen LogP contribution in [0.2, 0.25) is 0 Å². The molecule has 0 radical (unpaired) electrons. The average Bonchev–Trinajstić information content (AvgIpc) is 2.16. The molecule has 0 saturated heterocycles. The fourth-order valence-corrected chi connectivity index (χ4v) is 2.17. The van der Waals surface area contributed by atoms with Crippen molar-refractivity contribution in [2.75, 3.05) is 6.54 Å². The quantitative estimate of drug-likeness (QED) is 0.734. The van der Waals surface area contributed by atoms with Crippen molar-refractivity contribution in [1.82, 2.24) is 15.3 Å². The van der Waals surface area contributed by atoms with E-state index in [4.69, 9.17) is 0 Å². The number of fused-ring (bicyclic) bond motifs is 1.